The Morgan fingerprint density at radius 1 is 1.17 bits per heavy atom. The zero-order valence-corrected chi connectivity index (χ0v) is 20.8. The molecule has 194 valence electrons. The topological polar surface area (TPSA) is 151 Å². The van der Waals surface area contributed by atoms with Crippen molar-refractivity contribution in [2.24, 2.45) is 39.5 Å². The molecule has 3 saturated carbocycles. The van der Waals surface area contributed by atoms with E-state index in [2.05, 4.69) is 30.4 Å². The number of fused-ring (bicyclic) bond motifs is 5. The lowest BCUT2D eigenvalue weighted by Crippen LogP contribution is -2.51. The molecule has 7 atom stereocenters. The van der Waals surface area contributed by atoms with Crippen LogP contribution in [0.4, 0.5) is 0 Å². The number of nitrogens with two attached hydrogens (primary N) is 1. The number of aliphatic carboxylic acids is 1. The maximum absolute atomic E-state index is 12.1. The van der Waals surface area contributed by atoms with E-state index in [9.17, 15) is 24.6 Å². The molecule has 4 rings (SSSR count). The van der Waals surface area contributed by atoms with Gasteiger partial charge in [-0.1, -0.05) is 24.6 Å². The summed E-state index contributed by atoms with van der Waals surface area (Å²) in [7, 11) is 0. The second-order valence-corrected chi connectivity index (χ2v) is 11.5. The number of oxime groups is 1. The van der Waals surface area contributed by atoms with E-state index in [0.29, 0.717) is 17.8 Å². The first-order chi connectivity index (χ1) is 16.5. The summed E-state index contributed by atoms with van der Waals surface area (Å²) in [6, 6.07) is -1.20. The average molecular weight is 490 g/mol. The number of hydrogen-bond acceptors (Lipinski definition) is 6. The number of rotatable bonds is 8. The second-order valence-electron chi connectivity index (χ2n) is 11.5. The number of hydrogen-bond donors (Lipinski definition) is 4. The van der Waals surface area contributed by atoms with Crippen LogP contribution in [-0.4, -0.2) is 52.5 Å². The lowest BCUT2D eigenvalue weighted by atomic mass is 9.47. The van der Waals surface area contributed by atoms with Gasteiger partial charge in [-0.25, -0.2) is 4.79 Å². The Morgan fingerprint density at radius 2 is 1.94 bits per heavy atom. The van der Waals surface area contributed by atoms with E-state index in [-0.39, 0.29) is 29.8 Å². The van der Waals surface area contributed by atoms with Gasteiger partial charge in [-0.05, 0) is 92.4 Å². The van der Waals surface area contributed by atoms with Crippen LogP contribution in [0.3, 0.4) is 0 Å². The van der Waals surface area contributed by atoms with Crippen LogP contribution in [0.1, 0.15) is 78.1 Å². The number of nitrogens with zero attached hydrogens (tertiary/aromatic N) is 1. The molecule has 3 fully saturated rings. The summed E-state index contributed by atoms with van der Waals surface area (Å²) in [5.41, 5.74) is 7.50. The van der Waals surface area contributed by atoms with E-state index in [4.69, 9.17) is 10.6 Å². The van der Waals surface area contributed by atoms with Crippen LogP contribution >= 0.6 is 0 Å². The minimum atomic E-state index is -1.23. The van der Waals surface area contributed by atoms with E-state index in [1.165, 1.54) is 5.57 Å². The SMILES string of the molecule is C[C@]12CC[C@@H]3[C@@H](CCC4=C/C(=N/OCC(=O)N[C@@H](CCC(N)=O)C(=O)O)CC[C@@]43C)[C@@H]1CC[C@@H]2O. The number of amides is 2. The number of carbonyl (C=O) groups is 3. The van der Waals surface area contributed by atoms with Crippen LogP contribution in [-0.2, 0) is 19.2 Å². The molecule has 4 aliphatic rings. The summed E-state index contributed by atoms with van der Waals surface area (Å²) in [4.78, 5) is 39.5. The first-order valence-electron chi connectivity index (χ1n) is 12.9. The Kier molecular flexibility index (Phi) is 7.27. The number of aliphatic hydroxyl groups is 1. The fourth-order valence-corrected chi connectivity index (χ4v) is 7.57. The third kappa shape index (κ3) is 4.97. The molecule has 0 spiro atoms. The molecule has 9 heteroatoms. The van der Waals surface area contributed by atoms with E-state index in [0.717, 1.165) is 57.1 Å². The molecule has 9 nitrogen and oxygen atoms in total. The van der Waals surface area contributed by atoms with Gasteiger partial charge in [0.05, 0.1) is 11.8 Å². The summed E-state index contributed by atoms with van der Waals surface area (Å²) in [5, 5.41) is 26.4. The highest BCUT2D eigenvalue weighted by Gasteiger charge is 2.58. The third-order valence-corrected chi connectivity index (χ3v) is 9.62. The first kappa shape index (κ1) is 25.7. The fourth-order valence-electron chi connectivity index (χ4n) is 7.57. The molecular weight excluding hydrogens is 450 g/mol. The van der Waals surface area contributed by atoms with Crippen molar-refractivity contribution in [2.45, 2.75) is 90.2 Å². The summed E-state index contributed by atoms with van der Waals surface area (Å²) in [5.74, 6) is -0.542. The molecule has 2 amide bonds. The van der Waals surface area contributed by atoms with Crippen LogP contribution in [0.25, 0.3) is 0 Å². The Bertz CT molecular complexity index is 932. The molecule has 5 N–H and O–H groups in total. The molecule has 0 unspecified atom stereocenters. The molecule has 35 heavy (non-hydrogen) atoms. The van der Waals surface area contributed by atoms with Crippen molar-refractivity contribution in [3.63, 3.8) is 0 Å². The van der Waals surface area contributed by atoms with Crippen molar-refractivity contribution >= 4 is 23.5 Å². The highest BCUT2D eigenvalue weighted by molar-refractivity contribution is 5.96. The van der Waals surface area contributed by atoms with Gasteiger partial charge < -0.3 is 26.1 Å². The molecule has 0 heterocycles. The second kappa shape index (κ2) is 9.91. The largest absolute Gasteiger partial charge is 0.480 e. The van der Waals surface area contributed by atoms with Crippen LogP contribution in [0.5, 0.6) is 0 Å². The zero-order chi connectivity index (χ0) is 25.4. The fraction of sp³-hybridized carbons (Fsp3) is 0.769. The van der Waals surface area contributed by atoms with E-state index in [1.54, 1.807) is 0 Å². The van der Waals surface area contributed by atoms with E-state index >= 15 is 0 Å². The predicted octanol–water partition coefficient (Wildman–Crippen LogP) is 2.52. The minimum Gasteiger partial charge on any atom is -0.480 e. The average Bonchev–Trinajstić information content (AvgIpc) is 3.11. The van der Waals surface area contributed by atoms with Crippen molar-refractivity contribution in [1.82, 2.24) is 5.32 Å². The molecule has 0 aromatic heterocycles. The van der Waals surface area contributed by atoms with Crippen molar-refractivity contribution in [3.05, 3.63) is 11.6 Å². The predicted molar refractivity (Wildman–Crippen MR) is 129 cm³/mol. The number of aliphatic hydroxyl groups excluding tert-OH is 1. The quantitative estimate of drug-likeness (QED) is 0.385. The molecule has 4 aliphatic carbocycles. The first-order valence-corrected chi connectivity index (χ1v) is 12.9. The molecule has 0 aliphatic heterocycles. The molecule has 0 bridgehead atoms. The van der Waals surface area contributed by atoms with Gasteiger partial charge >= 0.3 is 5.97 Å². The van der Waals surface area contributed by atoms with Crippen molar-refractivity contribution in [2.75, 3.05) is 6.61 Å². The lowest BCUT2D eigenvalue weighted by Gasteiger charge is -2.57. The van der Waals surface area contributed by atoms with Gasteiger partial charge in [-0.15, -0.1) is 0 Å². The van der Waals surface area contributed by atoms with Gasteiger partial charge in [0.1, 0.15) is 6.04 Å². The zero-order valence-electron chi connectivity index (χ0n) is 20.8. The van der Waals surface area contributed by atoms with Crippen molar-refractivity contribution in [1.29, 1.82) is 0 Å². The van der Waals surface area contributed by atoms with E-state index < -0.39 is 30.4 Å². The highest BCUT2D eigenvalue weighted by atomic mass is 16.6. The smallest absolute Gasteiger partial charge is 0.326 e. The molecule has 0 radical (unpaired) electrons. The summed E-state index contributed by atoms with van der Waals surface area (Å²) < 4.78 is 0. The Labute approximate surface area is 206 Å². The van der Waals surface area contributed by atoms with Gasteiger partial charge in [-0.2, -0.15) is 0 Å². The number of carbonyl (C=O) groups excluding carboxylic acids is 2. The van der Waals surface area contributed by atoms with Crippen molar-refractivity contribution < 1.29 is 29.4 Å². The standard InChI is InChI=1S/C26H39N3O6/c1-25-11-9-16(29-35-14-23(32)28-20(24(33)34)6-8-22(27)31)13-15(25)3-4-17-18-5-7-21(30)26(18,2)12-10-19(17)25/h13,17-21,30H,3-12,14H2,1-2H3,(H2,27,31)(H,28,32)(H,33,34)/b29-16+/t17-,18-,19+,20-,21-,25-,26-/m0/s1. The van der Waals surface area contributed by atoms with Crippen LogP contribution in [0.15, 0.2) is 16.8 Å². The lowest BCUT2D eigenvalue weighted by molar-refractivity contribution is -0.142. The van der Waals surface area contributed by atoms with Crippen molar-refractivity contribution in [3.8, 4) is 0 Å². The van der Waals surface area contributed by atoms with Crippen LogP contribution in [0, 0.1) is 28.6 Å². The Hall–Kier alpha value is -2.42. The summed E-state index contributed by atoms with van der Waals surface area (Å²) in [6.07, 6.45) is 10.1. The number of carboxylic acid groups (broad SMARTS) is 1. The Balaban J connectivity index is 1.35. The Morgan fingerprint density at radius 3 is 2.66 bits per heavy atom. The summed E-state index contributed by atoms with van der Waals surface area (Å²) >= 11 is 0. The molecular formula is C26H39N3O6. The molecule has 0 aromatic rings. The van der Waals surface area contributed by atoms with E-state index in [1.807, 2.05) is 0 Å². The summed E-state index contributed by atoms with van der Waals surface area (Å²) in [6.45, 7) is 4.30. The molecule has 0 saturated heterocycles. The monoisotopic (exact) mass is 489 g/mol. The maximum atomic E-state index is 12.1. The van der Waals surface area contributed by atoms with Gasteiger partial charge in [-0.3, -0.25) is 9.59 Å². The van der Waals surface area contributed by atoms with Gasteiger partial charge in [0.15, 0.2) is 6.61 Å². The van der Waals surface area contributed by atoms with Crippen LogP contribution in [0.2, 0.25) is 0 Å². The highest BCUT2D eigenvalue weighted by Crippen LogP contribution is 2.65. The molecule has 0 aromatic carbocycles. The minimum absolute atomic E-state index is 0.0727. The maximum Gasteiger partial charge on any atom is 0.326 e. The van der Waals surface area contributed by atoms with Gasteiger partial charge in [0, 0.05) is 6.42 Å². The number of primary amides is 1. The normalized spacial score (nSPS) is 37.9. The third-order valence-electron chi connectivity index (χ3n) is 9.62. The number of allylic oxidation sites excluding steroid dienone is 2. The van der Waals surface area contributed by atoms with Gasteiger partial charge in [0.2, 0.25) is 5.91 Å². The number of nitrogens with one attached hydrogen (secondary N) is 1. The van der Waals surface area contributed by atoms with Crippen LogP contribution < -0.4 is 11.1 Å². The van der Waals surface area contributed by atoms with Gasteiger partial charge in [0.25, 0.3) is 5.91 Å². The number of carboxylic acids is 1.